The van der Waals surface area contributed by atoms with Crippen LogP contribution in [0, 0.1) is 0 Å². The normalized spacial score (nSPS) is 10.7. The van der Waals surface area contributed by atoms with E-state index in [2.05, 4.69) is 10.2 Å². The van der Waals surface area contributed by atoms with Crippen LogP contribution in [0.4, 0.5) is 8.78 Å². The van der Waals surface area contributed by atoms with Crippen LogP contribution in [-0.2, 0) is 0 Å². The van der Waals surface area contributed by atoms with E-state index in [0.29, 0.717) is 11.3 Å². The molecule has 1 heterocycles. The minimum atomic E-state index is -2.60. The second-order valence-corrected chi connectivity index (χ2v) is 3.73. The van der Waals surface area contributed by atoms with E-state index < -0.39 is 12.4 Å². The molecule has 0 radical (unpaired) electrons. The standard InChI is InChI=1S/C12H10F2N2O3/c1-19-10-4-6(11(13)14)2-3-7(10)8-5-9(12(17)18)16-15-8/h2-5,11H,1H3,(H,15,16)(H,17,18). The minimum absolute atomic E-state index is 0.0880. The molecule has 0 atom stereocenters. The fourth-order valence-electron chi connectivity index (χ4n) is 1.62. The maximum atomic E-state index is 12.6. The number of hydrogen-bond acceptors (Lipinski definition) is 3. The number of carboxylic acid groups (broad SMARTS) is 1. The molecule has 0 amide bonds. The lowest BCUT2D eigenvalue weighted by Gasteiger charge is -2.08. The van der Waals surface area contributed by atoms with E-state index in [1.165, 1.54) is 31.4 Å². The van der Waals surface area contributed by atoms with Crippen molar-refractivity contribution in [2.24, 2.45) is 0 Å². The van der Waals surface area contributed by atoms with Gasteiger partial charge in [0.2, 0.25) is 0 Å². The molecule has 7 heteroatoms. The van der Waals surface area contributed by atoms with Crippen LogP contribution in [0.25, 0.3) is 11.3 Å². The summed E-state index contributed by atoms with van der Waals surface area (Å²) in [5, 5.41) is 14.9. The Hall–Kier alpha value is -2.44. The van der Waals surface area contributed by atoms with Crippen molar-refractivity contribution in [2.45, 2.75) is 6.43 Å². The smallest absolute Gasteiger partial charge is 0.353 e. The van der Waals surface area contributed by atoms with Gasteiger partial charge in [0.25, 0.3) is 6.43 Å². The SMILES string of the molecule is COc1cc(C(F)F)ccc1-c1cc(C(=O)O)[nH]n1. The van der Waals surface area contributed by atoms with Crippen molar-refractivity contribution in [3.8, 4) is 17.0 Å². The Balaban J connectivity index is 2.46. The maximum absolute atomic E-state index is 12.6. The van der Waals surface area contributed by atoms with Crippen molar-refractivity contribution < 1.29 is 23.4 Å². The Morgan fingerprint density at radius 3 is 2.68 bits per heavy atom. The minimum Gasteiger partial charge on any atom is -0.496 e. The molecule has 1 aromatic heterocycles. The number of nitrogens with one attached hydrogen (secondary N) is 1. The first-order valence-corrected chi connectivity index (χ1v) is 5.28. The van der Waals surface area contributed by atoms with Crippen LogP contribution in [0.5, 0.6) is 5.75 Å². The van der Waals surface area contributed by atoms with Crippen LogP contribution in [0.3, 0.4) is 0 Å². The van der Waals surface area contributed by atoms with Gasteiger partial charge in [-0.05, 0) is 18.2 Å². The third-order valence-corrected chi connectivity index (χ3v) is 2.56. The van der Waals surface area contributed by atoms with E-state index in [1.807, 2.05) is 0 Å². The number of H-pyrrole nitrogens is 1. The zero-order chi connectivity index (χ0) is 14.0. The lowest BCUT2D eigenvalue weighted by Crippen LogP contribution is -1.95. The largest absolute Gasteiger partial charge is 0.496 e. The fraction of sp³-hybridized carbons (Fsp3) is 0.167. The molecule has 5 nitrogen and oxygen atoms in total. The Morgan fingerprint density at radius 2 is 2.16 bits per heavy atom. The summed E-state index contributed by atoms with van der Waals surface area (Å²) in [4.78, 5) is 10.7. The second-order valence-electron chi connectivity index (χ2n) is 3.73. The highest BCUT2D eigenvalue weighted by Crippen LogP contribution is 2.32. The summed E-state index contributed by atoms with van der Waals surface area (Å²) in [6.07, 6.45) is -2.60. The lowest BCUT2D eigenvalue weighted by atomic mass is 10.1. The van der Waals surface area contributed by atoms with Gasteiger partial charge < -0.3 is 9.84 Å². The molecular weight excluding hydrogens is 258 g/mol. The van der Waals surface area contributed by atoms with Crippen molar-refractivity contribution in [2.75, 3.05) is 7.11 Å². The van der Waals surface area contributed by atoms with Gasteiger partial charge >= 0.3 is 5.97 Å². The number of halogens is 2. The number of ether oxygens (including phenoxy) is 1. The van der Waals surface area contributed by atoms with Gasteiger partial charge in [-0.2, -0.15) is 5.10 Å². The van der Waals surface area contributed by atoms with Crippen LogP contribution in [0.2, 0.25) is 0 Å². The van der Waals surface area contributed by atoms with E-state index in [0.717, 1.165) is 0 Å². The number of aromatic carboxylic acids is 1. The zero-order valence-corrected chi connectivity index (χ0v) is 9.85. The van der Waals surface area contributed by atoms with E-state index >= 15 is 0 Å². The molecule has 0 bridgehead atoms. The first-order valence-electron chi connectivity index (χ1n) is 5.28. The average molecular weight is 268 g/mol. The van der Waals surface area contributed by atoms with Crippen LogP contribution in [0.15, 0.2) is 24.3 Å². The molecule has 0 saturated heterocycles. The van der Waals surface area contributed by atoms with Gasteiger partial charge in [-0.15, -0.1) is 0 Å². The predicted octanol–water partition coefficient (Wildman–Crippen LogP) is 2.72. The average Bonchev–Trinajstić information content (AvgIpc) is 2.87. The molecule has 0 unspecified atom stereocenters. The van der Waals surface area contributed by atoms with Gasteiger partial charge in [-0.25, -0.2) is 13.6 Å². The summed E-state index contributed by atoms with van der Waals surface area (Å²) in [5.74, 6) is -0.942. The maximum Gasteiger partial charge on any atom is 0.353 e. The number of aromatic amines is 1. The van der Waals surface area contributed by atoms with Gasteiger partial charge in [0, 0.05) is 11.1 Å². The molecule has 100 valence electrons. The summed E-state index contributed by atoms with van der Waals surface area (Å²) >= 11 is 0. The van der Waals surface area contributed by atoms with Crippen LogP contribution >= 0.6 is 0 Å². The van der Waals surface area contributed by atoms with Crippen LogP contribution in [0.1, 0.15) is 22.5 Å². The van der Waals surface area contributed by atoms with Crippen molar-refractivity contribution >= 4 is 5.97 Å². The molecule has 0 fully saturated rings. The number of carboxylic acids is 1. The molecule has 1 aromatic carbocycles. The quantitative estimate of drug-likeness (QED) is 0.894. The molecule has 0 aliphatic carbocycles. The Morgan fingerprint density at radius 1 is 1.42 bits per heavy atom. The number of rotatable bonds is 4. The number of alkyl halides is 2. The number of aromatic nitrogens is 2. The van der Waals surface area contributed by atoms with Crippen LogP contribution < -0.4 is 4.74 Å². The van der Waals surface area contributed by atoms with Crippen molar-refractivity contribution in [3.63, 3.8) is 0 Å². The first-order chi connectivity index (χ1) is 9.02. The third-order valence-electron chi connectivity index (χ3n) is 2.56. The molecule has 0 spiro atoms. The van der Waals surface area contributed by atoms with Crippen molar-refractivity contribution in [1.82, 2.24) is 10.2 Å². The lowest BCUT2D eigenvalue weighted by molar-refractivity contribution is 0.0690. The fourth-order valence-corrected chi connectivity index (χ4v) is 1.62. The molecule has 0 aliphatic heterocycles. The van der Waals surface area contributed by atoms with E-state index in [1.54, 1.807) is 0 Å². The second kappa shape index (κ2) is 5.05. The summed E-state index contributed by atoms with van der Waals surface area (Å²) in [5.41, 5.74) is 0.496. The van der Waals surface area contributed by atoms with Gasteiger partial charge in [0.05, 0.1) is 12.8 Å². The number of benzene rings is 1. The molecular formula is C12H10F2N2O3. The highest BCUT2D eigenvalue weighted by atomic mass is 19.3. The Kier molecular flexibility index (Phi) is 3.46. The topological polar surface area (TPSA) is 75.2 Å². The summed E-state index contributed by atoms with van der Waals surface area (Å²) in [7, 11) is 1.35. The Labute approximate surface area is 106 Å². The summed E-state index contributed by atoms with van der Waals surface area (Å²) in [6.45, 7) is 0. The van der Waals surface area contributed by atoms with Gasteiger partial charge in [-0.3, -0.25) is 5.10 Å². The highest BCUT2D eigenvalue weighted by Gasteiger charge is 2.15. The van der Waals surface area contributed by atoms with Gasteiger partial charge in [0.1, 0.15) is 11.4 Å². The molecule has 0 saturated carbocycles. The van der Waals surface area contributed by atoms with Crippen molar-refractivity contribution in [1.29, 1.82) is 0 Å². The van der Waals surface area contributed by atoms with Gasteiger partial charge in [-0.1, -0.05) is 6.07 Å². The monoisotopic (exact) mass is 268 g/mol. The van der Waals surface area contributed by atoms with Gasteiger partial charge in [0.15, 0.2) is 0 Å². The molecule has 2 rings (SSSR count). The Bertz CT molecular complexity index is 611. The number of nitrogens with zero attached hydrogens (tertiary/aromatic N) is 1. The predicted molar refractivity (Wildman–Crippen MR) is 62.5 cm³/mol. The molecule has 2 N–H and O–H groups in total. The summed E-state index contributed by atoms with van der Waals surface area (Å²) < 4.78 is 30.2. The van der Waals surface area contributed by atoms with Crippen molar-refractivity contribution in [3.05, 3.63) is 35.5 Å². The summed E-state index contributed by atoms with van der Waals surface area (Å²) in [6, 6.07) is 5.18. The van der Waals surface area contributed by atoms with E-state index in [4.69, 9.17) is 9.84 Å². The molecule has 19 heavy (non-hydrogen) atoms. The molecule has 2 aromatic rings. The first kappa shape index (κ1) is 13.0. The number of carbonyl (C=O) groups is 1. The number of hydrogen-bond donors (Lipinski definition) is 2. The highest BCUT2D eigenvalue weighted by molar-refractivity contribution is 5.87. The zero-order valence-electron chi connectivity index (χ0n) is 9.85. The van der Waals surface area contributed by atoms with Crippen LogP contribution in [-0.4, -0.2) is 28.4 Å². The van der Waals surface area contributed by atoms with E-state index in [-0.39, 0.29) is 17.0 Å². The third kappa shape index (κ3) is 2.54. The van der Waals surface area contributed by atoms with E-state index in [9.17, 15) is 13.6 Å². The molecule has 0 aliphatic rings. The number of methoxy groups -OCH3 is 1.